The lowest BCUT2D eigenvalue weighted by molar-refractivity contribution is -0.133. The molecule has 0 radical (unpaired) electrons. The summed E-state index contributed by atoms with van der Waals surface area (Å²) >= 11 is 1.82. The van der Waals surface area contributed by atoms with Crippen molar-refractivity contribution in [1.29, 1.82) is 0 Å². The number of amides is 1. The first-order valence-electron chi connectivity index (χ1n) is 7.87. The van der Waals surface area contributed by atoms with E-state index < -0.39 is 0 Å². The summed E-state index contributed by atoms with van der Waals surface area (Å²) in [5.41, 5.74) is 4.49. The Kier molecular flexibility index (Phi) is 4.08. The molecule has 0 fully saturated rings. The van der Waals surface area contributed by atoms with E-state index in [1.165, 1.54) is 10.4 Å². The molecule has 5 heteroatoms. The predicted molar refractivity (Wildman–Crippen MR) is 89.2 cm³/mol. The van der Waals surface area contributed by atoms with Crippen molar-refractivity contribution < 1.29 is 4.79 Å². The van der Waals surface area contributed by atoms with Gasteiger partial charge in [-0.3, -0.25) is 9.48 Å². The number of fused-ring (bicyclic) bond motifs is 1. The number of carbonyl (C=O) groups excluding carboxylic acids is 1. The maximum absolute atomic E-state index is 12.9. The number of nitrogens with zero attached hydrogens (tertiary/aromatic N) is 3. The van der Waals surface area contributed by atoms with Crippen molar-refractivity contribution in [3.8, 4) is 0 Å². The van der Waals surface area contributed by atoms with Crippen LogP contribution in [0.1, 0.15) is 46.8 Å². The summed E-state index contributed by atoms with van der Waals surface area (Å²) in [7, 11) is 1.93. The van der Waals surface area contributed by atoms with Gasteiger partial charge in [-0.25, -0.2) is 0 Å². The zero-order valence-corrected chi connectivity index (χ0v) is 14.5. The van der Waals surface area contributed by atoms with Crippen LogP contribution in [-0.2, 0) is 24.7 Å². The average molecular weight is 317 g/mol. The van der Waals surface area contributed by atoms with E-state index in [-0.39, 0.29) is 11.9 Å². The average Bonchev–Trinajstić information content (AvgIpc) is 3.06. The maximum Gasteiger partial charge on any atom is 0.227 e. The van der Waals surface area contributed by atoms with Gasteiger partial charge < -0.3 is 4.90 Å². The molecule has 0 N–H and O–H groups in total. The predicted octanol–water partition coefficient (Wildman–Crippen LogP) is 3.18. The minimum absolute atomic E-state index is 0.225. The van der Waals surface area contributed by atoms with E-state index in [4.69, 9.17) is 0 Å². The Labute approximate surface area is 135 Å². The Morgan fingerprint density at radius 2 is 2.23 bits per heavy atom. The molecule has 3 heterocycles. The second kappa shape index (κ2) is 5.88. The smallest absolute Gasteiger partial charge is 0.227 e. The fraction of sp³-hybridized carbons (Fsp3) is 0.529. The minimum atomic E-state index is 0.225. The van der Waals surface area contributed by atoms with E-state index in [1.807, 2.05) is 36.9 Å². The van der Waals surface area contributed by atoms with Crippen molar-refractivity contribution in [2.45, 2.75) is 46.1 Å². The standard InChI is InChI=1S/C17H23N3OS/c1-5-15-13-7-9-22-16(13)6-8-20(15)17(21)10-14-11(2)18-19(4)12(14)3/h7,9,15H,5-6,8,10H2,1-4H3. The van der Waals surface area contributed by atoms with E-state index in [2.05, 4.69) is 28.4 Å². The fourth-order valence-electron chi connectivity index (χ4n) is 3.46. The van der Waals surface area contributed by atoms with Crippen LogP contribution in [0, 0.1) is 13.8 Å². The van der Waals surface area contributed by atoms with E-state index in [0.29, 0.717) is 6.42 Å². The SMILES string of the molecule is CCC1c2ccsc2CCN1C(=O)Cc1c(C)nn(C)c1C. The molecular weight excluding hydrogens is 294 g/mol. The van der Waals surface area contributed by atoms with Gasteiger partial charge in [0.2, 0.25) is 5.91 Å². The number of rotatable bonds is 3. The first-order chi connectivity index (χ1) is 10.5. The zero-order chi connectivity index (χ0) is 15.9. The van der Waals surface area contributed by atoms with Crippen LogP contribution in [0.25, 0.3) is 0 Å². The summed E-state index contributed by atoms with van der Waals surface area (Å²) < 4.78 is 1.86. The molecule has 0 spiro atoms. The van der Waals surface area contributed by atoms with Crippen LogP contribution in [0.15, 0.2) is 11.4 Å². The Balaban J connectivity index is 1.83. The van der Waals surface area contributed by atoms with Crippen LogP contribution in [0.2, 0.25) is 0 Å². The number of hydrogen-bond donors (Lipinski definition) is 0. The second-order valence-electron chi connectivity index (χ2n) is 6.01. The molecule has 0 aromatic carbocycles. The highest BCUT2D eigenvalue weighted by atomic mass is 32.1. The van der Waals surface area contributed by atoms with Gasteiger partial charge >= 0.3 is 0 Å². The zero-order valence-electron chi connectivity index (χ0n) is 13.7. The van der Waals surface area contributed by atoms with Crippen LogP contribution in [0.4, 0.5) is 0 Å². The van der Waals surface area contributed by atoms with Gasteiger partial charge in [0.25, 0.3) is 0 Å². The van der Waals surface area contributed by atoms with Crippen LogP contribution >= 0.6 is 11.3 Å². The highest BCUT2D eigenvalue weighted by molar-refractivity contribution is 7.10. The van der Waals surface area contributed by atoms with Crippen LogP contribution < -0.4 is 0 Å². The molecular formula is C17H23N3OS. The number of aromatic nitrogens is 2. The van der Waals surface area contributed by atoms with Gasteiger partial charge in [-0.05, 0) is 43.7 Å². The number of aryl methyl sites for hydroxylation is 2. The molecule has 118 valence electrons. The molecule has 1 aliphatic heterocycles. The fourth-order valence-corrected chi connectivity index (χ4v) is 4.39. The molecule has 1 amide bonds. The largest absolute Gasteiger partial charge is 0.335 e. The molecule has 1 atom stereocenters. The van der Waals surface area contributed by atoms with Gasteiger partial charge in [0.15, 0.2) is 0 Å². The first kappa shape index (κ1) is 15.3. The minimum Gasteiger partial charge on any atom is -0.335 e. The molecule has 4 nitrogen and oxygen atoms in total. The van der Waals surface area contributed by atoms with Crippen LogP contribution in [0.3, 0.4) is 0 Å². The molecule has 0 aliphatic carbocycles. The second-order valence-corrected chi connectivity index (χ2v) is 7.01. The van der Waals surface area contributed by atoms with Crippen molar-refractivity contribution in [3.05, 3.63) is 38.8 Å². The lowest BCUT2D eigenvalue weighted by Crippen LogP contribution is -2.40. The van der Waals surface area contributed by atoms with Gasteiger partial charge in [0, 0.05) is 29.7 Å². The Morgan fingerprint density at radius 3 is 2.86 bits per heavy atom. The monoisotopic (exact) mass is 317 g/mol. The van der Waals surface area contributed by atoms with Gasteiger partial charge in [0.1, 0.15) is 0 Å². The van der Waals surface area contributed by atoms with E-state index in [1.54, 1.807) is 0 Å². The Morgan fingerprint density at radius 1 is 1.45 bits per heavy atom. The summed E-state index contributed by atoms with van der Waals surface area (Å²) in [5.74, 6) is 0.225. The number of carbonyl (C=O) groups is 1. The van der Waals surface area contributed by atoms with Crippen LogP contribution in [-0.4, -0.2) is 27.1 Å². The molecule has 0 bridgehead atoms. The highest BCUT2D eigenvalue weighted by Crippen LogP contribution is 2.35. The molecule has 1 aliphatic rings. The van der Waals surface area contributed by atoms with Gasteiger partial charge in [-0.2, -0.15) is 5.10 Å². The first-order valence-corrected chi connectivity index (χ1v) is 8.75. The van der Waals surface area contributed by atoms with Crippen molar-refractivity contribution >= 4 is 17.2 Å². The quantitative estimate of drug-likeness (QED) is 0.872. The third-order valence-corrected chi connectivity index (χ3v) is 5.79. The van der Waals surface area contributed by atoms with Crippen molar-refractivity contribution in [3.63, 3.8) is 0 Å². The van der Waals surface area contributed by atoms with E-state index in [9.17, 15) is 4.79 Å². The third kappa shape index (κ3) is 2.47. The summed E-state index contributed by atoms with van der Waals surface area (Å²) in [6.45, 7) is 7.02. The maximum atomic E-state index is 12.9. The molecule has 2 aromatic rings. The number of hydrogen-bond acceptors (Lipinski definition) is 3. The lowest BCUT2D eigenvalue weighted by Gasteiger charge is -2.35. The molecule has 1 unspecified atom stereocenters. The highest BCUT2D eigenvalue weighted by Gasteiger charge is 2.30. The molecule has 22 heavy (non-hydrogen) atoms. The topological polar surface area (TPSA) is 38.1 Å². The molecule has 0 saturated carbocycles. The normalized spacial score (nSPS) is 17.6. The third-order valence-electron chi connectivity index (χ3n) is 4.79. The molecule has 0 saturated heterocycles. The van der Waals surface area contributed by atoms with Gasteiger partial charge in [0.05, 0.1) is 18.2 Å². The number of thiophene rings is 1. The lowest BCUT2D eigenvalue weighted by atomic mass is 9.96. The van der Waals surface area contributed by atoms with E-state index in [0.717, 1.165) is 36.3 Å². The van der Waals surface area contributed by atoms with E-state index >= 15 is 0 Å². The van der Waals surface area contributed by atoms with Crippen molar-refractivity contribution in [1.82, 2.24) is 14.7 Å². The van der Waals surface area contributed by atoms with Crippen molar-refractivity contribution in [2.75, 3.05) is 6.54 Å². The Hall–Kier alpha value is -1.62. The van der Waals surface area contributed by atoms with Crippen molar-refractivity contribution in [2.24, 2.45) is 7.05 Å². The van der Waals surface area contributed by atoms with Crippen LogP contribution in [0.5, 0.6) is 0 Å². The van der Waals surface area contributed by atoms with Gasteiger partial charge in [-0.1, -0.05) is 6.92 Å². The summed E-state index contributed by atoms with van der Waals surface area (Å²) in [6.07, 6.45) is 2.42. The summed E-state index contributed by atoms with van der Waals surface area (Å²) in [6, 6.07) is 2.42. The summed E-state index contributed by atoms with van der Waals surface area (Å²) in [4.78, 5) is 16.4. The molecule has 2 aromatic heterocycles. The van der Waals surface area contributed by atoms with Gasteiger partial charge in [-0.15, -0.1) is 11.3 Å². The Bertz CT molecular complexity index is 701. The summed E-state index contributed by atoms with van der Waals surface area (Å²) in [5, 5.41) is 6.57. The molecule has 3 rings (SSSR count).